The van der Waals surface area contributed by atoms with Crippen LogP contribution in [0.15, 0.2) is 0 Å². The minimum atomic E-state index is 0.384. The highest BCUT2D eigenvalue weighted by Gasteiger charge is 2.20. The van der Waals surface area contributed by atoms with Gasteiger partial charge in [0.1, 0.15) is 0 Å². The van der Waals surface area contributed by atoms with E-state index in [2.05, 4.69) is 39.9 Å². The molecular weight excluding hydrogens is 186 g/mol. The first-order valence-corrected chi connectivity index (χ1v) is 6.13. The van der Waals surface area contributed by atoms with E-state index in [1.807, 2.05) is 0 Å². The van der Waals surface area contributed by atoms with Crippen LogP contribution in [-0.4, -0.2) is 26.3 Å². The third-order valence-electron chi connectivity index (χ3n) is 2.69. The second-order valence-corrected chi connectivity index (χ2v) is 5.70. The number of methoxy groups -OCH3 is 1. The molecule has 0 radical (unpaired) electrons. The molecule has 0 bridgehead atoms. The largest absolute Gasteiger partial charge is 0.383 e. The quantitative estimate of drug-likeness (QED) is 0.672. The maximum absolute atomic E-state index is 5.18. The predicted octanol–water partition coefficient (Wildman–Crippen LogP) is 3.07. The van der Waals surface area contributed by atoms with Crippen molar-refractivity contribution >= 4 is 0 Å². The van der Waals surface area contributed by atoms with Gasteiger partial charge < -0.3 is 10.1 Å². The molecule has 0 aliphatic heterocycles. The molecule has 2 heteroatoms. The molecule has 1 N–H and O–H groups in total. The number of hydrogen-bond donors (Lipinski definition) is 1. The van der Waals surface area contributed by atoms with Crippen molar-refractivity contribution in [2.45, 2.75) is 53.5 Å². The van der Waals surface area contributed by atoms with Gasteiger partial charge in [0.05, 0.1) is 6.61 Å². The van der Waals surface area contributed by atoms with Gasteiger partial charge in [0.15, 0.2) is 0 Å². The maximum atomic E-state index is 5.18. The topological polar surface area (TPSA) is 21.3 Å². The molecule has 0 spiro atoms. The van der Waals surface area contributed by atoms with Crippen molar-refractivity contribution in [3.8, 4) is 0 Å². The van der Waals surface area contributed by atoms with E-state index in [4.69, 9.17) is 4.74 Å². The van der Waals surface area contributed by atoms with Gasteiger partial charge in [0, 0.05) is 19.7 Å². The summed E-state index contributed by atoms with van der Waals surface area (Å²) >= 11 is 0. The lowest BCUT2D eigenvalue weighted by atomic mass is 9.84. The molecule has 0 saturated heterocycles. The number of rotatable bonds is 8. The van der Waals surface area contributed by atoms with Gasteiger partial charge in [-0.3, -0.25) is 0 Å². The Balaban J connectivity index is 3.89. The van der Waals surface area contributed by atoms with Crippen LogP contribution in [0.3, 0.4) is 0 Å². The zero-order chi connectivity index (χ0) is 11.9. The molecular formula is C13H29NO. The lowest BCUT2D eigenvalue weighted by molar-refractivity contribution is 0.153. The maximum Gasteiger partial charge on any atom is 0.0615 e. The molecule has 2 nitrogen and oxygen atoms in total. The SMILES string of the molecule is CCC(COC)NCC(C)(C)CC(C)C. The highest BCUT2D eigenvalue weighted by molar-refractivity contribution is 4.76. The van der Waals surface area contributed by atoms with Crippen LogP contribution in [0.2, 0.25) is 0 Å². The molecule has 0 aromatic heterocycles. The van der Waals surface area contributed by atoms with Crippen LogP contribution in [0.5, 0.6) is 0 Å². The molecule has 0 saturated carbocycles. The standard InChI is InChI=1S/C13H29NO/c1-7-12(9-15-6)14-10-13(4,5)8-11(2)3/h11-12,14H,7-10H2,1-6H3. The van der Waals surface area contributed by atoms with Gasteiger partial charge >= 0.3 is 0 Å². The van der Waals surface area contributed by atoms with Gasteiger partial charge in [-0.15, -0.1) is 0 Å². The summed E-state index contributed by atoms with van der Waals surface area (Å²) in [6, 6.07) is 0.501. The van der Waals surface area contributed by atoms with Crippen LogP contribution in [0.1, 0.15) is 47.5 Å². The minimum absolute atomic E-state index is 0.384. The average Bonchev–Trinajstić information content (AvgIpc) is 2.10. The lowest BCUT2D eigenvalue weighted by Crippen LogP contribution is -2.39. The first-order valence-electron chi connectivity index (χ1n) is 6.13. The van der Waals surface area contributed by atoms with Crippen molar-refractivity contribution < 1.29 is 4.74 Å². The Bertz CT molecular complexity index is 155. The summed E-state index contributed by atoms with van der Waals surface area (Å²) in [7, 11) is 1.77. The Labute approximate surface area is 95.8 Å². The third kappa shape index (κ3) is 7.80. The molecule has 0 rings (SSSR count). The Morgan fingerprint density at radius 1 is 1.27 bits per heavy atom. The first-order chi connectivity index (χ1) is 6.91. The molecule has 0 aliphatic carbocycles. The summed E-state index contributed by atoms with van der Waals surface area (Å²) in [4.78, 5) is 0. The van der Waals surface area contributed by atoms with Crippen molar-refractivity contribution in [2.75, 3.05) is 20.3 Å². The molecule has 0 aromatic carbocycles. The molecule has 0 heterocycles. The lowest BCUT2D eigenvalue weighted by Gasteiger charge is -2.29. The predicted molar refractivity (Wildman–Crippen MR) is 67.2 cm³/mol. The second-order valence-electron chi connectivity index (χ2n) is 5.70. The minimum Gasteiger partial charge on any atom is -0.383 e. The molecule has 1 unspecified atom stereocenters. The highest BCUT2D eigenvalue weighted by atomic mass is 16.5. The summed E-state index contributed by atoms with van der Waals surface area (Å²) in [5.41, 5.74) is 0.384. The van der Waals surface area contributed by atoms with E-state index in [1.165, 1.54) is 6.42 Å². The van der Waals surface area contributed by atoms with Gasteiger partial charge in [-0.05, 0) is 24.2 Å². The molecule has 1 atom stereocenters. The van der Waals surface area contributed by atoms with E-state index in [9.17, 15) is 0 Å². The zero-order valence-electron chi connectivity index (χ0n) is 11.4. The molecule has 15 heavy (non-hydrogen) atoms. The molecule has 0 fully saturated rings. The van der Waals surface area contributed by atoms with E-state index in [1.54, 1.807) is 7.11 Å². The Morgan fingerprint density at radius 2 is 1.87 bits per heavy atom. The van der Waals surface area contributed by atoms with Gasteiger partial charge in [0.2, 0.25) is 0 Å². The van der Waals surface area contributed by atoms with Crippen molar-refractivity contribution in [3.05, 3.63) is 0 Å². The van der Waals surface area contributed by atoms with Crippen molar-refractivity contribution in [3.63, 3.8) is 0 Å². The smallest absolute Gasteiger partial charge is 0.0615 e. The molecule has 0 aromatic rings. The summed E-state index contributed by atoms with van der Waals surface area (Å²) in [5, 5.41) is 3.59. The van der Waals surface area contributed by atoms with E-state index in [0.29, 0.717) is 11.5 Å². The first kappa shape index (κ1) is 14.9. The number of hydrogen-bond acceptors (Lipinski definition) is 2. The fourth-order valence-corrected chi connectivity index (χ4v) is 2.12. The van der Waals surface area contributed by atoms with E-state index in [0.717, 1.165) is 25.5 Å². The molecule has 0 amide bonds. The molecule has 0 aliphatic rings. The summed E-state index contributed by atoms with van der Waals surface area (Å²) in [6.45, 7) is 13.3. The van der Waals surface area contributed by atoms with Crippen molar-refractivity contribution in [2.24, 2.45) is 11.3 Å². The van der Waals surface area contributed by atoms with Gasteiger partial charge in [-0.25, -0.2) is 0 Å². The fraction of sp³-hybridized carbons (Fsp3) is 1.00. The monoisotopic (exact) mass is 215 g/mol. The normalized spacial score (nSPS) is 14.6. The van der Waals surface area contributed by atoms with Gasteiger partial charge in [0.25, 0.3) is 0 Å². The van der Waals surface area contributed by atoms with Crippen LogP contribution in [0.25, 0.3) is 0 Å². The average molecular weight is 215 g/mol. The van der Waals surface area contributed by atoms with Crippen molar-refractivity contribution in [1.29, 1.82) is 0 Å². The van der Waals surface area contributed by atoms with Crippen LogP contribution in [0, 0.1) is 11.3 Å². The zero-order valence-corrected chi connectivity index (χ0v) is 11.4. The summed E-state index contributed by atoms with van der Waals surface area (Å²) < 4.78 is 5.18. The van der Waals surface area contributed by atoms with Crippen LogP contribution in [-0.2, 0) is 4.74 Å². The van der Waals surface area contributed by atoms with E-state index >= 15 is 0 Å². The van der Waals surface area contributed by atoms with Crippen LogP contribution < -0.4 is 5.32 Å². The van der Waals surface area contributed by atoms with Crippen molar-refractivity contribution in [1.82, 2.24) is 5.32 Å². The van der Waals surface area contributed by atoms with Gasteiger partial charge in [-0.1, -0.05) is 34.6 Å². The molecule has 92 valence electrons. The van der Waals surface area contributed by atoms with Gasteiger partial charge in [-0.2, -0.15) is 0 Å². The summed E-state index contributed by atoms with van der Waals surface area (Å²) in [5.74, 6) is 0.768. The second kappa shape index (κ2) is 7.24. The van der Waals surface area contributed by atoms with E-state index < -0.39 is 0 Å². The van der Waals surface area contributed by atoms with Crippen LogP contribution in [0.4, 0.5) is 0 Å². The number of ether oxygens (including phenoxy) is 1. The van der Waals surface area contributed by atoms with Crippen LogP contribution >= 0.6 is 0 Å². The number of nitrogens with one attached hydrogen (secondary N) is 1. The Kier molecular flexibility index (Phi) is 7.20. The third-order valence-corrected chi connectivity index (χ3v) is 2.69. The fourth-order valence-electron chi connectivity index (χ4n) is 2.12. The Hall–Kier alpha value is -0.0800. The van der Waals surface area contributed by atoms with E-state index in [-0.39, 0.29) is 0 Å². The highest BCUT2D eigenvalue weighted by Crippen LogP contribution is 2.24. The summed E-state index contributed by atoms with van der Waals surface area (Å²) in [6.07, 6.45) is 2.40. The Morgan fingerprint density at radius 3 is 2.27 bits per heavy atom.